The summed E-state index contributed by atoms with van der Waals surface area (Å²) in [5.41, 5.74) is 3.70. The molecule has 0 fully saturated rings. The Labute approximate surface area is 141 Å². The molecule has 23 heavy (non-hydrogen) atoms. The molecule has 0 radical (unpaired) electrons. The van der Waals surface area contributed by atoms with Gasteiger partial charge >= 0.3 is 0 Å². The van der Waals surface area contributed by atoms with Crippen molar-refractivity contribution < 1.29 is 4.84 Å². The Morgan fingerprint density at radius 1 is 1.04 bits per heavy atom. The number of pyridine rings is 1. The Kier molecular flexibility index (Phi) is 3.03. The quantitative estimate of drug-likeness (QED) is 0.511. The lowest BCUT2D eigenvalue weighted by Gasteiger charge is -2.11. The van der Waals surface area contributed by atoms with Crippen LogP contribution in [0.3, 0.4) is 0 Å². The fourth-order valence-corrected chi connectivity index (χ4v) is 3.71. The van der Waals surface area contributed by atoms with E-state index >= 15 is 0 Å². The van der Waals surface area contributed by atoms with Gasteiger partial charge in [0.25, 0.3) is 5.56 Å². The summed E-state index contributed by atoms with van der Waals surface area (Å²) in [5, 5.41) is 2.61. The van der Waals surface area contributed by atoms with E-state index < -0.39 is 0 Å². The minimum atomic E-state index is -0.135. The molecule has 2 aromatic heterocycles. The van der Waals surface area contributed by atoms with Crippen LogP contribution >= 0.6 is 15.9 Å². The highest BCUT2D eigenvalue weighted by Crippen LogP contribution is 2.32. The molecule has 0 saturated heterocycles. The van der Waals surface area contributed by atoms with Gasteiger partial charge in [0.05, 0.1) is 16.4 Å². The fraction of sp³-hybridized carbons (Fsp3) is 0.167. The predicted octanol–water partition coefficient (Wildman–Crippen LogP) is 3.78. The summed E-state index contributed by atoms with van der Waals surface area (Å²) in [6.07, 6.45) is 0. The number of aryl methyl sites for hydroxylation is 2. The molecule has 116 valence electrons. The first kappa shape index (κ1) is 14.3. The molecule has 4 aromatic rings. The second-order valence-corrected chi connectivity index (χ2v) is 6.66. The van der Waals surface area contributed by atoms with Gasteiger partial charge in [-0.1, -0.05) is 28.1 Å². The molecular formula is C18H15BrN2O2. The second kappa shape index (κ2) is 4.86. The van der Waals surface area contributed by atoms with Crippen LogP contribution in [-0.4, -0.2) is 16.4 Å². The van der Waals surface area contributed by atoms with Gasteiger partial charge in [-0.2, -0.15) is 0 Å². The van der Waals surface area contributed by atoms with E-state index in [9.17, 15) is 4.79 Å². The monoisotopic (exact) mass is 370 g/mol. The average Bonchev–Trinajstić information content (AvgIpc) is 2.81. The van der Waals surface area contributed by atoms with Crippen molar-refractivity contribution >= 4 is 48.6 Å². The van der Waals surface area contributed by atoms with Crippen LogP contribution in [-0.2, 0) is 7.05 Å². The molecule has 0 atom stereocenters. The summed E-state index contributed by atoms with van der Waals surface area (Å²) in [6, 6.07) is 12.1. The Morgan fingerprint density at radius 2 is 1.83 bits per heavy atom. The maximum absolute atomic E-state index is 13.0. The summed E-state index contributed by atoms with van der Waals surface area (Å²) in [7, 11) is 3.52. The molecule has 2 heterocycles. The third-order valence-electron chi connectivity index (χ3n) is 4.37. The second-order valence-electron chi connectivity index (χ2n) is 5.75. The molecule has 0 aliphatic rings. The van der Waals surface area contributed by atoms with Crippen molar-refractivity contribution in [3.8, 4) is 0 Å². The van der Waals surface area contributed by atoms with E-state index in [1.807, 2.05) is 38.2 Å². The maximum Gasteiger partial charge on any atom is 0.293 e. The zero-order chi connectivity index (χ0) is 16.3. The zero-order valence-electron chi connectivity index (χ0n) is 13.1. The highest BCUT2D eigenvalue weighted by Gasteiger charge is 2.18. The Morgan fingerprint density at radius 3 is 2.57 bits per heavy atom. The minimum absolute atomic E-state index is 0.135. The number of fused-ring (bicyclic) bond motifs is 5. The SMILES string of the molecule is COn1c(=O)c2c3cc(Br)ccc3n(C)c2c2ccc(C)cc21. The van der Waals surface area contributed by atoms with Gasteiger partial charge in [0.2, 0.25) is 0 Å². The van der Waals surface area contributed by atoms with Gasteiger partial charge in [-0.15, -0.1) is 4.73 Å². The first-order valence-corrected chi connectivity index (χ1v) is 8.09. The van der Waals surface area contributed by atoms with Crippen molar-refractivity contribution in [1.82, 2.24) is 9.30 Å². The van der Waals surface area contributed by atoms with Crippen LogP contribution in [0.25, 0.3) is 32.7 Å². The molecule has 0 spiro atoms. The molecule has 0 bridgehead atoms. The van der Waals surface area contributed by atoms with Crippen molar-refractivity contribution in [2.75, 3.05) is 7.11 Å². The average molecular weight is 371 g/mol. The first-order chi connectivity index (χ1) is 11.0. The Bertz CT molecular complexity index is 1160. The fourth-order valence-electron chi connectivity index (χ4n) is 3.35. The topological polar surface area (TPSA) is 36.2 Å². The highest BCUT2D eigenvalue weighted by molar-refractivity contribution is 9.10. The van der Waals surface area contributed by atoms with Gasteiger partial charge in [0, 0.05) is 27.8 Å². The van der Waals surface area contributed by atoms with Crippen molar-refractivity contribution in [2.45, 2.75) is 6.92 Å². The van der Waals surface area contributed by atoms with Gasteiger partial charge in [-0.3, -0.25) is 4.79 Å². The van der Waals surface area contributed by atoms with Crippen molar-refractivity contribution in [3.63, 3.8) is 0 Å². The number of hydrogen-bond donors (Lipinski definition) is 0. The van der Waals surface area contributed by atoms with Crippen molar-refractivity contribution in [3.05, 3.63) is 56.8 Å². The molecule has 0 amide bonds. The van der Waals surface area contributed by atoms with E-state index in [4.69, 9.17) is 4.84 Å². The number of rotatable bonds is 1. The lowest BCUT2D eigenvalue weighted by Crippen LogP contribution is -2.25. The molecule has 0 aliphatic carbocycles. The van der Waals surface area contributed by atoms with Gasteiger partial charge in [0.1, 0.15) is 7.11 Å². The number of nitrogens with zero attached hydrogens (tertiary/aromatic N) is 2. The molecular weight excluding hydrogens is 356 g/mol. The highest BCUT2D eigenvalue weighted by atomic mass is 79.9. The van der Waals surface area contributed by atoms with Crippen LogP contribution in [0.4, 0.5) is 0 Å². The Hall–Kier alpha value is -2.27. The molecule has 0 saturated carbocycles. The summed E-state index contributed by atoms with van der Waals surface area (Å²) in [6.45, 7) is 2.01. The van der Waals surface area contributed by atoms with E-state index in [-0.39, 0.29) is 5.56 Å². The van der Waals surface area contributed by atoms with E-state index in [0.717, 1.165) is 37.4 Å². The summed E-state index contributed by atoms with van der Waals surface area (Å²) in [5.74, 6) is 0. The summed E-state index contributed by atoms with van der Waals surface area (Å²) >= 11 is 3.50. The molecule has 0 unspecified atom stereocenters. The van der Waals surface area contributed by atoms with Gasteiger partial charge in [-0.25, -0.2) is 0 Å². The molecule has 5 heteroatoms. The predicted molar refractivity (Wildman–Crippen MR) is 97.1 cm³/mol. The lowest BCUT2D eigenvalue weighted by atomic mass is 10.1. The smallest absolute Gasteiger partial charge is 0.293 e. The number of halogens is 1. The third kappa shape index (κ3) is 1.86. The number of hydrogen-bond acceptors (Lipinski definition) is 2. The molecule has 2 aromatic carbocycles. The zero-order valence-corrected chi connectivity index (χ0v) is 14.6. The lowest BCUT2D eigenvalue weighted by molar-refractivity contribution is 0.170. The van der Waals surface area contributed by atoms with Crippen molar-refractivity contribution in [2.24, 2.45) is 7.05 Å². The molecule has 0 N–H and O–H groups in total. The van der Waals surface area contributed by atoms with E-state index in [2.05, 4.69) is 32.6 Å². The van der Waals surface area contributed by atoms with Gasteiger partial charge < -0.3 is 9.40 Å². The maximum atomic E-state index is 13.0. The van der Waals surface area contributed by atoms with E-state index in [0.29, 0.717) is 5.39 Å². The van der Waals surface area contributed by atoms with Crippen LogP contribution < -0.4 is 10.4 Å². The summed E-state index contributed by atoms with van der Waals surface area (Å²) < 4.78 is 4.41. The largest absolute Gasteiger partial charge is 0.413 e. The van der Waals surface area contributed by atoms with Crippen molar-refractivity contribution in [1.29, 1.82) is 0 Å². The van der Waals surface area contributed by atoms with Gasteiger partial charge in [-0.05, 0) is 36.8 Å². The number of aromatic nitrogens is 2. The standard InChI is InChI=1S/C18H15BrN2O2/c1-10-4-6-12-15(8-10)21(23-3)18(22)16-13-9-11(19)5-7-14(13)20(2)17(12)16/h4-9H,1-3H3. The van der Waals surface area contributed by atoms with E-state index in [1.54, 1.807) is 0 Å². The van der Waals surface area contributed by atoms with Gasteiger partial charge in [0.15, 0.2) is 0 Å². The Balaban J connectivity index is 2.42. The van der Waals surface area contributed by atoms with Crippen LogP contribution in [0, 0.1) is 6.92 Å². The van der Waals surface area contributed by atoms with Crippen LogP contribution in [0.2, 0.25) is 0 Å². The number of benzene rings is 2. The third-order valence-corrected chi connectivity index (χ3v) is 4.86. The molecule has 4 nitrogen and oxygen atoms in total. The van der Waals surface area contributed by atoms with Crippen LogP contribution in [0.1, 0.15) is 5.56 Å². The molecule has 0 aliphatic heterocycles. The first-order valence-electron chi connectivity index (χ1n) is 7.30. The summed E-state index contributed by atoms with van der Waals surface area (Å²) in [4.78, 5) is 18.4. The van der Waals surface area contributed by atoms with Crippen LogP contribution in [0.15, 0.2) is 45.7 Å². The van der Waals surface area contributed by atoms with Crippen LogP contribution in [0.5, 0.6) is 0 Å². The minimum Gasteiger partial charge on any atom is -0.413 e. The van der Waals surface area contributed by atoms with E-state index in [1.165, 1.54) is 11.8 Å². The molecule has 4 rings (SSSR count). The normalized spacial score (nSPS) is 11.7.